The molecule has 1 unspecified atom stereocenters. The van der Waals surface area contributed by atoms with Crippen LogP contribution in [0.5, 0.6) is 0 Å². The number of likely N-dealkylation sites (tertiary alicyclic amines) is 1. The van der Waals surface area contributed by atoms with Crippen LogP contribution in [0.25, 0.3) is 0 Å². The van der Waals surface area contributed by atoms with Crippen molar-refractivity contribution in [2.45, 2.75) is 12.8 Å². The zero-order chi connectivity index (χ0) is 14.0. The third-order valence-electron chi connectivity index (χ3n) is 3.43. The fraction of sp³-hybridized carbons (Fsp3) is 0.462. The predicted molar refractivity (Wildman–Crippen MR) is 66.5 cm³/mol. The topological polar surface area (TPSA) is 66.6 Å². The van der Waals surface area contributed by atoms with Gasteiger partial charge in [0.2, 0.25) is 0 Å². The lowest BCUT2D eigenvalue weighted by Crippen LogP contribution is -2.29. The quantitative estimate of drug-likeness (QED) is 0.816. The second-order valence-corrected chi connectivity index (χ2v) is 4.77. The molecular formula is C13H16F2N2O2. The average molecular weight is 270 g/mol. The molecule has 6 heteroatoms. The summed E-state index contributed by atoms with van der Waals surface area (Å²) in [7, 11) is 0. The number of hydrogen-bond acceptors (Lipinski definition) is 3. The van der Waals surface area contributed by atoms with Crippen molar-refractivity contribution < 1.29 is 18.7 Å². The second-order valence-electron chi connectivity index (χ2n) is 4.77. The highest BCUT2D eigenvalue weighted by molar-refractivity contribution is 5.99. The molecule has 1 saturated heterocycles. The van der Waals surface area contributed by atoms with E-state index < -0.39 is 17.5 Å². The van der Waals surface area contributed by atoms with Crippen LogP contribution in [0.2, 0.25) is 0 Å². The summed E-state index contributed by atoms with van der Waals surface area (Å²) in [6.07, 6.45) is 1.44. The van der Waals surface area contributed by atoms with Crippen LogP contribution in [0.1, 0.15) is 23.2 Å². The number of nitrogens with zero attached hydrogens (tertiary/aromatic N) is 1. The number of hydrogen-bond donors (Lipinski definition) is 2. The van der Waals surface area contributed by atoms with Crippen LogP contribution in [-0.2, 0) is 0 Å². The maximum absolute atomic E-state index is 13.2. The second kappa shape index (κ2) is 5.52. The fourth-order valence-electron chi connectivity index (χ4n) is 2.35. The highest BCUT2D eigenvalue weighted by Crippen LogP contribution is 2.24. The molecule has 2 rings (SSSR count). The van der Waals surface area contributed by atoms with E-state index in [1.807, 2.05) is 0 Å². The van der Waals surface area contributed by atoms with Gasteiger partial charge in [0.15, 0.2) is 11.6 Å². The lowest BCUT2D eigenvalue weighted by molar-refractivity contribution is 0.0785. The number of aliphatic hydroxyl groups is 1. The summed E-state index contributed by atoms with van der Waals surface area (Å²) >= 11 is 0. The Labute approximate surface area is 109 Å². The Bertz CT molecular complexity index is 494. The summed E-state index contributed by atoms with van der Waals surface area (Å²) in [4.78, 5) is 13.7. The van der Waals surface area contributed by atoms with Crippen LogP contribution < -0.4 is 5.73 Å². The number of carbonyl (C=O) groups excluding carboxylic acids is 1. The molecule has 1 fully saturated rings. The Balaban J connectivity index is 2.15. The van der Waals surface area contributed by atoms with Crippen LogP contribution in [0, 0.1) is 17.6 Å². The van der Waals surface area contributed by atoms with Gasteiger partial charge in [-0.25, -0.2) is 8.78 Å². The van der Waals surface area contributed by atoms with Crippen molar-refractivity contribution in [1.82, 2.24) is 4.90 Å². The van der Waals surface area contributed by atoms with Gasteiger partial charge in [0.1, 0.15) is 0 Å². The summed E-state index contributed by atoms with van der Waals surface area (Å²) in [5, 5.41) is 8.86. The van der Waals surface area contributed by atoms with Gasteiger partial charge in [-0.05, 0) is 24.8 Å². The summed E-state index contributed by atoms with van der Waals surface area (Å²) in [5.41, 5.74) is 5.49. The van der Waals surface area contributed by atoms with E-state index in [2.05, 4.69) is 0 Å². The molecule has 0 aliphatic carbocycles. The van der Waals surface area contributed by atoms with E-state index in [9.17, 15) is 13.6 Å². The number of nitrogen functional groups attached to an aromatic ring is 1. The first kappa shape index (κ1) is 13.7. The van der Waals surface area contributed by atoms with Gasteiger partial charge in [0, 0.05) is 31.5 Å². The number of anilines is 1. The van der Waals surface area contributed by atoms with Crippen molar-refractivity contribution in [3.63, 3.8) is 0 Å². The number of amides is 1. The maximum Gasteiger partial charge on any atom is 0.256 e. The highest BCUT2D eigenvalue weighted by atomic mass is 19.2. The molecule has 19 heavy (non-hydrogen) atoms. The first-order valence-electron chi connectivity index (χ1n) is 6.17. The number of halogens is 2. The van der Waals surface area contributed by atoms with Gasteiger partial charge >= 0.3 is 0 Å². The van der Waals surface area contributed by atoms with Crippen LogP contribution in [0.4, 0.5) is 14.5 Å². The Hall–Kier alpha value is -1.69. The zero-order valence-electron chi connectivity index (χ0n) is 10.4. The van der Waals surface area contributed by atoms with E-state index in [1.165, 1.54) is 0 Å². The van der Waals surface area contributed by atoms with E-state index in [-0.39, 0.29) is 23.8 Å². The summed E-state index contributed by atoms with van der Waals surface area (Å²) in [6, 6.07) is 1.66. The molecule has 104 valence electrons. The van der Waals surface area contributed by atoms with Crippen LogP contribution in [0.3, 0.4) is 0 Å². The molecule has 1 aliphatic heterocycles. The minimum atomic E-state index is -1.08. The number of aliphatic hydroxyl groups excluding tert-OH is 1. The molecule has 1 aliphatic rings. The largest absolute Gasteiger partial charge is 0.398 e. The molecule has 1 amide bonds. The zero-order valence-corrected chi connectivity index (χ0v) is 10.4. The van der Waals surface area contributed by atoms with Gasteiger partial charge in [-0.2, -0.15) is 0 Å². The summed E-state index contributed by atoms with van der Waals surface area (Å²) in [5.74, 6) is -2.28. The number of carbonyl (C=O) groups is 1. The number of benzene rings is 1. The first-order chi connectivity index (χ1) is 9.02. The van der Waals surface area contributed by atoms with Crippen molar-refractivity contribution in [1.29, 1.82) is 0 Å². The van der Waals surface area contributed by atoms with Gasteiger partial charge < -0.3 is 15.7 Å². The average Bonchev–Trinajstić information content (AvgIpc) is 2.82. The van der Waals surface area contributed by atoms with Crippen molar-refractivity contribution in [3.8, 4) is 0 Å². The molecule has 0 saturated carbocycles. The lowest BCUT2D eigenvalue weighted by atomic mass is 10.1. The Morgan fingerprint density at radius 3 is 2.79 bits per heavy atom. The molecule has 3 N–H and O–H groups in total. The van der Waals surface area contributed by atoms with Gasteiger partial charge in [-0.3, -0.25) is 4.79 Å². The minimum Gasteiger partial charge on any atom is -0.398 e. The van der Waals surface area contributed by atoms with Crippen LogP contribution in [0.15, 0.2) is 12.1 Å². The molecular weight excluding hydrogens is 254 g/mol. The molecule has 0 bridgehead atoms. The van der Waals surface area contributed by atoms with Crippen molar-refractivity contribution >= 4 is 11.6 Å². The number of rotatable bonds is 3. The Kier molecular flexibility index (Phi) is 3.99. The maximum atomic E-state index is 13.2. The number of nitrogens with two attached hydrogens (primary N) is 1. The van der Waals surface area contributed by atoms with E-state index in [1.54, 1.807) is 4.90 Å². The molecule has 0 aromatic heterocycles. The molecule has 4 nitrogen and oxygen atoms in total. The molecule has 1 aromatic carbocycles. The molecule has 0 spiro atoms. The third kappa shape index (κ3) is 2.84. The Morgan fingerprint density at radius 2 is 2.11 bits per heavy atom. The van der Waals surface area contributed by atoms with E-state index in [4.69, 9.17) is 10.8 Å². The van der Waals surface area contributed by atoms with E-state index in [0.29, 0.717) is 19.5 Å². The molecule has 0 radical (unpaired) electrons. The van der Waals surface area contributed by atoms with Crippen molar-refractivity contribution in [3.05, 3.63) is 29.3 Å². The van der Waals surface area contributed by atoms with Gasteiger partial charge in [0.05, 0.1) is 5.56 Å². The highest BCUT2D eigenvalue weighted by Gasteiger charge is 2.28. The predicted octanol–water partition coefficient (Wildman–Crippen LogP) is 1.39. The van der Waals surface area contributed by atoms with Gasteiger partial charge in [-0.1, -0.05) is 0 Å². The summed E-state index contributed by atoms with van der Waals surface area (Å²) < 4.78 is 26.1. The third-order valence-corrected chi connectivity index (χ3v) is 3.43. The standard InChI is InChI=1S/C13H16F2N2O2/c14-10-5-9(12(16)6-11(10)15)13(19)17-3-1-8(7-17)2-4-18/h5-6,8,18H,1-4,7,16H2. The van der Waals surface area contributed by atoms with Crippen molar-refractivity contribution in [2.24, 2.45) is 5.92 Å². The molecule has 1 aromatic rings. The summed E-state index contributed by atoms with van der Waals surface area (Å²) in [6.45, 7) is 1.14. The molecule has 1 atom stereocenters. The van der Waals surface area contributed by atoms with Crippen LogP contribution in [-0.4, -0.2) is 35.6 Å². The van der Waals surface area contributed by atoms with Gasteiger partial charge in [0.25, 0.3) is 5.91 Å². The molecule has 1 heterocycles. The monoisotopic (exact) mass is 270 g/mol. The van der Waals surface area contributed by atoms with E-state index >= 15 is 0 Å². The smallest absolute Gasteiger partial charge is 0.256 e. The van der Waals surface area contributed by atoms with Gasteiger partial charge in [-0.15, -0.1) is 0 Å². The SMILES string of the molecule is Nc1cc(F)c(F)cc1C(=O)N1CCC(CCO)C1. The minimum absolute atomic E-state index is 0.0106. The lowest BCUT2D eigenvalue weighted by Gasteiger charge is -2.17. The first-order valence-corrected chi connectivity index (χ1v) is 6.17. The van der Waals surface area contributed by atoms with E-state index in [0.717, 1.165) is 18.6 Å². The fourth-order valence-corrected chi connectivity index (χ4v) is 2.35. The Morgan fingerprint density at radius 1 is 1.42 bits per heavy atom. The normalized spacial score (nSPS) is 18.9. The van der Waals surface area contributed by atoms with Crippen LogP contribution >= 0.6 is 0 Å². The van der Waals surface area contributed by atoms with Crippen molar-refractivity contribution in [2.75, 3.05) is 25.4 Å².